The molecule has 0 radical (unpaired) electrons. The van der Waals surface area contributed by atoms with E-state index in [-0.39, 0.29) is 0 Å². The van der Waals surface area contributed by atoms with Crippen molar-refractivity contribution in [1.82, 2.24) is 0 Å². The van der Waals surface area contributed by atoms with Crippen LogP contribution in [0.2, 0.25) is 0 Å². The van der Waals surface area contributed by atoms with Crippen molar-refractivity contribution in [3.05, 3.63) is 23.8 Å². The van der Waals surface area contributed by atoms with Gasteiger partial charge in [0.05, 0.1) is 0 Å². The largest absolute Gasteiger partial charge is 0.142 e. The van der Waals surface area contributed by atoms with Crippen molar-refractivity contribution >= 4 is 25.3 Å². The Kier molecular flexibility index (Phi) is 3.53. The first-order valence-corrected chi connectivity index (χ1v) is 5.07. The fourth-order valence-corrected chi connectivity index (χ4v) is 1.75. The minimum Gasteiger partial charge on any atom is -0.142 e. The molecular formula is C10H14S2. The number of benzene rings is 1. The second-order valence-electron chi connectivity index (χ2n) is 3.02. The third-order valence-corrected chi connectivity index (χ3v) is 3.24. The van der Waals surface area contributed by atoms with Crippen molar-refractivity contribution in [2.24, 2.45) is 0 Å². The molecule has 0 N–H and O–H groups in total. The summed E-state index contributed by atoms with van der Waals surface area (Å²) in [6.07, 6.45) is 1.14. The summed E-state index contributed by atoms with van der Waals surface area (Å²) in [5.41, 5.74) is 1.30. The van der Waals surface area contributed by atoms with E-state index in [1.54, 1.807) is 0 Å². The topological polar surface area (TPSA) is 0 Å². The van der Waals surface area contributed by atoms with E-state index >= 15 is 0 Å². The van der Waals surface area contributed by atoms with Crippen LogP contribution in [-0.4, -0.2) is 0 Å². The molecule has 0 nitrogen and oxygen atoms in total. The lowest BCUT2D eigenvalue weighted by Crippen LogP contribution is -1.93. The van der Waals surface area contributed by atoms with Crippen LogP contribution >= 0.6 is 25.3 Å². The molecule has 0 aliphatic rings. The van der Waals surface area contributed by atoms with Crippen molar-refractivity contribution in [2.75, 3.05) is 0 Å². The minimum atomic E-state index is 0.574. The second-order valence-corrected chi connectivity index (χ2v) is 3.95. The Morgan fingerprint density at radius 1 is 1.33 bits per heavy atom. The zero-order valence-electron chi connectivity index (χ0n) is 7.41. The Morgan fingerprint density at radius 2 is 2.00 bits per heavy atom. The van der Waals surface area contributed by atoms with Gasteiger partial charge in [-0.05, 0) is 24.0 Å². The summed E-state index contributed by atoms with van der Waals surface area (Å²) in [7, 11) is 0. The molecule has 0 aliphatic carbocycles. The van der Waals surface area contributed by atoms with Crippen LogP contribution in [0.15, 0.2) is 28.0 Å². The number of thiol groups is 2. The van der Waals surface area contributed by atoms with Gasteiger partial charge in [-0.1, -0.05) is 26.0 Å². The zero-order valence-corrected chi connectivity index (χ0v) is 9.20. The molecule has 0 saturated carbocycles. The van der Waals surface area contributed by atoms with Gasteiger partial charge in [-0.3, -0.25) is 0 Å². The lowest BCUT2D eigenvalue weighted by Gasteiger charge is -2.12. The maximum atomic E-state index is 4.43. The summed E-state index contributed by atoms with van der Waals surface area (Å²) < 4.78 is 0. The summed E-state index contributed by atoms with van der Waals surface area (Å²) in [6, 6.07) is 6.12. The molecule has 0 heterocycles. The molecule has 0 amide bonds. The Bertz CT molecular complexity index is 269. The Morgan fingerprint density at radius 3 is 2.58 bits per heavy atom. The normalized spacial score (nSPS) is 13.0. The quantitative estimate of drug-likeness (QED) is 0.664. The van der Waals surface area contributed by atoms with Gasteiger partial charge in [0.25, 0.3) is 0 Å². The predicted octanol–water partition coefficient (Wildman–Crippen LogP) is 3.78. The standard InChI is InChI=1S/C10H14S2/c1-3-7(2)8-5-4-6-9(11)10(8)12/h4-7,11-12H,3H2,1-2H3. The summed E-state index contributed by atoms with van der Waals surface area (Å²) in [5, 5.41) is 0. The van der Waals surface area contributed by atoms with Gasteiger partial charge in [0, 0.05) is 9.79 Å². The van der Waals surface area contributed by atoms with E-state index in [1.807, 2.05) is 12.1 Å². The van der Waals surface area contributed by atoms with Crippen LogP contribution in [0.3, 0.4) is 0 Å². The summed E-state index contributed by atoms with van der Waals surface area (Å²) in [4.78, 5) is 1.99. The molecule has 66 valence electrons. The molecular weight excluding hydrogens is 184 g/mol. The summed E-state index contributed by atoms with van der Waals surface area (Å²) >= 11 is 8.75. The summed E-state index contributed by atoms with van der Waals surface area (Å²) in [6.45, 7) is 4.39. The van der Waals surface area contributed by atoms with E-state index in [0.29, 0.717) is 5.92 Å². The molecule has 1 unspecified atom stereocenters. The maximum Gasteiger partial charge on any atom is 0.0209 e. The van der Waals surface area contributed by atoms with E-state index in [1.165, 1.54) is 5.56 Å². The van der Waals surface area contributed by atoms with Crippen molar-refractivity contribution in [3.8, 4) is 0 Å². The fraction of sp³-hybridized carbons (Fsp3) is 0.400. The van der Waals surface area contributed by atoms with Gasteiger partial charge in [-0.2, -0.15) is 0 Å². The highest BCUT2D eigenvalue weighted by atomic mass is 32.1. The van der Waals surface area contributed by atoms with Crippen LogP contribution in [0.25, 0.3) is 0 Å². The van der Waals surface area contributed by atoms with Crippen LogP contribution in [0, 0.1) is 0 Å². The van der Waals surface area contributed by atoms with Crippen LogP contribution in [-0.2, 0) is 0 Å². The third kappa shape index (κ3) is 1.99. The highest BCUT2D eigenvalue weighted by Crippen LogP contribution is 2.29. The highest BCUT2D eigenvalue weighted by Gasteiger charge is 2.07. The molecule has 0 aromatic heterocycles. The monoisotopic (exact) mass is 198 g/mol. The van der Waals surface area contributed by atoms with Crippen molar-refractivity contribution in [2.45, 2.75) is 36.0 Å². The Balaban J connectivity index is 3.07. The first kappa shape index (κ1) is 10.0. The lowest BCUT2D eigenvalue weighted by atomic mass is 9.99. The Hall–Kier alpha value is -0.0800. The van der Waals surface area contributed by atoms with Crippen molar-refractivity contribution in [3.63, 3.8) is 0 Å². The zero-order chi connectivity index (χ0) is 9.14. The van der Waals surface area contributed by atoms with Crippen molar-refractivity contribution in [1.29, 1.82) is 0 Å². The summed E-state index contributed by atoms with van der Waals surface area (Å²) in [5.74, 6) is 0.574. The molecule has 1 rings (SSSR count). The average Bonchev–Trinajstić information content (AvgIpc) is 2.08. The molecule has 12 heavy (non-hydrogen) atoms. The van der Waals surface area contributed by atoms with Crippen molar-refractivity contribution < 1.29 is 0 Å². The van der Waals surface area contributed by atoms with Gasteiger partial charge in [0.2, 0.25) is 0 Å². The molecule has 0 spiro atoms. The fourth-order valence-electron chi connectivity index (χ4n) is 1.17. The SMILES string of the molecule is CCC(C)c1cccc(S)c1S. The van der Waals surface area contributed by atoms with Gasteiger partial charge in [-0.15, -0.1) is 25.3 Å². The van der Waals surface area contributed by atoms with Gasteiger partial charge in [-0.25, -0.2) is 0 Å². The molecule has 1 aromatic carbocycles. The molecule has 0 fully saturated rings. The van der Waals surface area contributed by atoms with Gasteiger partial charge in [0.1, 0.15) is 0 Å². The molecule has 0 aliphatic heterocycles. The van der Waals surface area contributed by atoms with E-state index in [2.05, 4.69) is 45.2 Å². The first-order valence-electron chi connectivity index (χ1n) is 4.17. The number of rotatable bonds is 2. The molecule has 0 saturated heterocycles. The van der Waals surface area contributed by atoms with Crippen LogP contribution < -0.4 is 0 Å². The number of hydrogen-bond acceptors (Lipinski definition) is 2. The van der Waals surface area contributed by atoms with Crippen LogP contribution in [0.4, 0.5) is 0 Å². The molecule has 1 aromatic rings. The Labute approximate surface area is 85.2 Å². The first-order chi connectivity index (χ1) is 5.66. The van der Waals surface area contributed by atoms with E-state index < -0.39 is 0 Å². The molecule has 0 bridgehead atoms. The van der Waals surface area contributed by atoms with Crippen LogP contribution in [0.5, 0.6) is 0 Å². The molecule has 1 atom stereocenters. The van der Waals surface area contributed by atoms with Gasteiger partial charge >= 0.3 is 0 Å². The smallest absolute Gasteiger partial charge is 0.0209 e. The molecule has 2 heteroatoms. The van der Waals surface area contributed by atoms with E-state index in [0.717, 1.165) is 16.2 Å². The third-order valence-electron chi connectivity index (χ3n) is 2.19. The van der Waals surface area contributed by atoms with Crippen LogP contribution in [0.1, 0.15) is 31.7 Å². The maximum absolute atomic E-state index is 4.43. The highest BCUT2D eigenvalue weighted by molar-refractivity contribution is 7.83. The minimum absolute atomic E-state index is 0.574. The van der Waals surface area contributed by atoms with E-state index in [4.69, 9.17) is 0 Å². The average molecular weight is 198 g/mol. The lowest BCUT2D eigenvalue weighted by molar-refractivity contribution is 0.714. The van der Waals surface area contributed by atoms with E-state index in [9.17, 15) is 0 Å². The van der Waals surface area contributed by atoms with Gasteiger partial charge < -0.3 is 0 Å². The van der Waals surface area contributed by atoms with Gasteiger partial charge in [0.15, 0.2) is 0 Å². The predicted molar refractivity (Wildman–Crippen MR) is 59.7 cm³/mol. The second kappa shape index (κ2) is 4.24. The number of hydrogen-bond donors (Lipinski definition) is 2.